The zero-order chi connectivity index (χ0) is 24.9. The number of amides is 2. The van der Waals surface area contributed by atoms with E-state index < -0.39 is 23.5 Å². The van der Waals surface area contributed by atoms with Crippen LogP contribution >= 0.6 is 0 Å². The lowest BCUT2D eigenvalue weighted by Crippen LogP contribution is -2.52. The summed E-state index contributed by atoms with van der Waals surface area (Å²) in [7, 11) is 0. The van der Waals surface area contributed by atoms with Crippen LogP contribution in [-0.4, -0.2) is 42.3 Å². The van der Waals surface area contributed by atoms with Crippen molar-refractivity contribution in [3.05, 3.63) is 59.7 Å². The number of carbonyl (C=O) groups excluding carboxylic acids is 2. The van der Waals surface area contributed by atoms with Gasteiger partial charge in [0.05, 0.1) is 6.42 Å². The summed E-state index contributed by atoms with van der Waals surface area (Å²) in [4.78, 5) is 36.6. The number of nitrogens with one attached hydrogen (secondary N) is 2. The fraction of sp³-hybridized carbons (Fsp3) is 0.444. The number of ether oxygens (including phenoxy) is 1. The number of fused-ring (bicyclic) bond motifs is 3. The largest absolute Gasteiger partial charge is 0.481 e. The van der Waals surface area contributed by atoms with Crippen molar-refractivity contribution in [2.45, 2.75) is 52.5 Å². The third kappa shape index (κ3) is 5.95. The van der Waals surface area contributed by atoms with Gasteiger partial charge in [-0.25, -0.2) is 4.79 Å². The van der Waals surface area contributed by atoms with Crippen molar-refractivity contribution in [3.63, 3.8) is 0 Å². The van der Waals surface area contributed by atoms with E-state index in [1.165, 1.54) is 0 Å². The molecule has 2 amide bonds. The van der Waals surface area contributed by atoms with E-state index in [4.69, 9.17) is 9.84 Å². The van der Waals surface area contributed by atoms with Gasteiger partial charge >= 0.3 is 12.1 Å². The summed E-state index contributed by atoms with van der Waals surface area (Å²) in [5, 5.41) is 14.6. The monoisotopic (exact) mass is 466 g/mol. The molecule has 2 atom stereocenters. The Kier molecular flexibility index (Phi) is 7.97. The molecule has 0 bridgehead atoms. The Morgan fingerprint density at radius 2 is 1.59 bits per heavy atom. The number of aliphatic carboxylic acids is 1. The molecule has 0 radical (unpaired) electrons. The van der Waals surface area contributed by atoms with Crippen LogP contribution in [0.2, 0.25) is 0 Å². The Labute approximate surface area is 200 Å². The van der Waals surface area contributed by atoms with Crippen molar-refractivity contribution in [2.75, 3.05) is 13.2 Å². The molecule has 0 heterocycles. The number of benzene rings is 2. The summed E-state index contributed by atoms with van der Waals surface area (Å²) in [5.41, 5.74) is 3.92. The number of carbonyl (C=O) groups is 3. The van der Waals surface area contributed by atoms with E-state index in [2.05, 4.69) is 34.9 Å². The van der Waals surface area contributed by atoms with Crippen molar-refractivity contribution >= 4 is 18.0 Å². The minimum Gasteiger partial charge on any atom is -0.481 e. The Morgan fingerprint density at radius 3 is 2.12 bits per heavy atom. The Hall–Kier alpha value is -3.35. The summed E-state index contributed by atoms with van der Waals surface area (Å²) in [6.07, 6.45) is -0.0337. The van der Waals surface area contributed by atoms with Gasteiger partial charge in [-0.15, -0.1) is 0 Å². The van der Waals surface area contributed by atoms with Crippen LogP contribution in [0.5, 0.6) is 0 Å². The smallest absolute Gasteiger partial charge is 0.407 e. The lowest BCUT2D eigenvalue weighted by atomic mass is 9.89. The summed E-state index contributed by atoms with van der Waals surface area (Å²) >= 11 is 0. The molecule has 2 aromatic carbocycles. The van der Waals surface area contributed by atoms with Crippen LogP contribution in [0.4, 0.5) is 4.79 Å². The average molecular weight is 467 g/mol. The second-order valence-electron chi connectivity index (χ2n) is 9.79. The summed E-state index contributed by atoms with van der Waals surface area (Å²) in [6.45, 7) is 7.74. The lowest BCUT2D eigenvalue weighted by Gasteiger charge is -2.27. The normalized spacial score (nSPS) is 14.5. The zero-order valence-corrected chi connectivity index (χ0v) is 20.3. The highest BCUT2D eigenvalue weighted by atomic mass is 16.5. The second-order valence-corrected chi connectivity index (χ2v) is 9.79. The predicted octanol–water partition coefficient (Wildman–Crippen LogP) is 4.56. The van der Waals surface area contributed by atoms with Gasteiger partial charge in [0.25, 0.3) is 0 Å². The zero-order valence-electron chi connectivity index (χ0n) is 20.3. The molecule has 1 unspecified atom stereocenters. The molecule has 0 fully saturated rings. The first-order chi connectivity index (χ1) is 16.1. The van der Waals surface area contributed by atoms with Crippen molar-refractivity contribution in [3.8, 4) is 11.1 Å². The predicted molar refractivity (Wildman–Crippen MR) is 130 cm³/mol. The van der Waals surface area contributed by atoms with Crippen LogP contribution < -0.4 is 10.6 Å². The first kappa shape index (κ1) is 25.3. The van der Waals surface area contributed by atoms with Crippen molar-refractivity contribution in [2.24, 2.45) is 11.3 Å². The Bertz CT molecular complexity index is 1000. The minimum absolute atomic E-state index is 0.0640. The molecule has 0 saturated heterocycles. The van der Waals surface area contributed by atoms with Gasteiger partial charge in [-0.05, 0) is 33.6 Å². The first-order valence-electron chi connectivity index (χ1n) is 11.7. The molecular weight excluding hydrogens is 432 g/mol. The van der Waals surface area contributed by atoms with Gasteiger partial charge in [0.2, 0.25) is 5.91 Å². The second kappa shape index (κ2) is 10.7. The molecule has 1 aliphatic rings. The van der Waals surface area contributed by atoms with Gasteiger partial charge in [-0.3, -0.25) is 9.59 Å². The van der Waals surface area contributed by atoms with Crippen LogP contribution in [-0.2, 0) is 14.3 Å². The summed E-state index contributed by atoms with van der Waals surface area (Å²) in [6, 6.07) is 15.4. The van der Waals surface area contributed by atoms with Crippen LogP contribution in [0.15, 0.2) is 48.5 Å². The quantitative estimate of drug-likeness (QED) is 0.476. The molecule has 182 valence electrons. The number of hydrogen-bond acceptors (Lipinski definition) is 4. The number of alkyl carbamates (subject to hydrolysis) is 1. The van der Waals surface area contributed by atoms with Crippen LogP contribution in [0.3, 0.4) is 0 Å². The topological polar surface area (TPSA) is 105 Å². The van der Waals surface area contributed by atoms with Crippen LogP contribution in [0.25, 0.3) is 11.1 Å². The molecule has 0 aliphatic heterocycles. The lowest BCUT2D eigenvalue weighted by molar-refractivity contribution is -0.139. The van der Waals surface area contributed by atoms with Crippen molar-refractivity contribution in [1.29, 1.82) is 0 Å². The SMILES string of the molecule is CCC(C)[C@H](NC(=O)OCC1c2ccccc2-c2ccccc21)C(=O)NCC(C)(C)CC(=O)O. The van der Waals surface area contributed by atoms with E-state index in [-0.39, 0.29) is 37.3 Å². The molecule has 0 saturated carbocycles. The molecular formula is C27H34N2O5. The molecule has 0 aromatic heterocycles. The molecule has 2 aromatic rings. The van der Waals surface area contributed by atoms with E-state index >= 15 is 0 Å². The van der Waals surface area contributed by atoms with Gasteiger partial charge in [0.15, 0.2) is 0 Å². The Morgan fingerprint density at radius 1 is 1.03 bits per heavy atom. The standard InChI is InChI=1S/C27H34N2O5/c1-5-17(2)24(25(32)28-16-27(3,4)14-23(30)31)29-26(33)34-15-22-20-12-8-6-10-18(20)19-11-7-9-13-21(19)22/h6-13,17,22,24H,5,14-16H2,1-4H3,(H,28,32)(H,29,33)(H,30,31)/t17?,24-/m0/s1. The fourth-order valence-corrected chi connectivity index (χ4v) is 4.38. The number of hydrogen-bond donors (Lipinski definition) is 3. The van der Waals surface area contributed by atoms with Crippen molar-refractivity contribution < 1.29 is 24.2 Å². The number of carboxylic acid groups (broad SMARTS) is 1. The fourth-order valence-electron chi connectivity index (χ4n) is 4.38. The van der Waals surface area contributed by atoms with E-state index in [1.807, 2.05) is 38.1 Å². The minimum atomic E-state index is -0.922. The molecule has 7 nitrogen and oxygen atoms in total. The highest BCUT2D eigenvalue weighted by Gasteiger charge is 2.31. The van der Waals surface area contributed by atoms with Crippen LogP contribution in [0, 0.1) is 11.3 Å². The third-order valence-corrected chi connectivity index (χ3v) is 6.48. The van der Waals surface area contributed by atoms with Crippen molar-refractivity contribution in [1.82, 2.24) is 10.6 Å². The number of carboxylic acids is 1. The van der Waals surface area contributed by atoms with Crippen LogP contribution in [0.1, 0.15) is 57.6 Å². The molecule has 3 rings (SSSR count). The summed E-state index contributed by atoms with van der Waals surface area (Å²) in [5.74, 6) is -1.45. The maximum Gasteiger partial charge on any atom is 0.407 e. The molecule has 1 aliphatic carbocycles. The maximum absolute atomic E-state index is 12.9. The third-order valence-electron chi connectivity index (χ3n) is 6.48. The molecule has 34 heavy (non-hydrogen) atoms. The van der Waals surface area contributed by atoms with E-state index in [9.17, 15) is 14.4 Å². The van der Waals surface area contributed by atoms with Gasteiger partial charge < -0.3 is 20.5 Å². The highest BCUT2D eigenvalue weighted by Crippen LogP contribution is 2.44. The average Bonchev–Trinajstić information content (AvgIpc) is 3.12. The van der Waals surface area contributed by atoms with E-state index in [1.54, 1.807) is 13.8 Å². The van der Waals surface area contributed by atoms with E-state index in [0.717, 1.165) is 22.3 Å². The van der Waals surface area contributed by atoms with E-state index in [0.29, 0.717) is 6.42 Å². The number of rotatable bonds is 10. The maximum atomic E-state index is 12.9. The van der Waals surface area contributed by atoms with Gasteiger partial charge in [0, 0.05) is 12.5 Å². The summed E-state index contributed by atoms with van der Waals surface area (Å²) < 4.78 is 5.61. The molecule has 0 spiro atoms. The Balaban J connectivity index is 1.63. The molecule has 7 heteroatoms. The van der Waals surface area contributed by atoms with Gasteiger partial charge in [0.1, 0.15) is 12.6 Å². The first-order valence-corrected chi connectivity index (χ1v) is 11.7. The highest BCUT2D eigenvalue weighted by molar-refractivity contribution is 5.86. The van der Waals surface area contributed by atoms with Gasteiger partial charge in [-0.2, -0.15) is 0 Å². The van der Waals surface area contributed by atoms with Gasteiger partial charge in [-0.1, -0.05) is 82.6 Å². The molecule has 3 N–H and O–H groups in total.